The third-order valence-electron chi connectivity index (χ3n) is 7.84. The zero-order valence-electron chi connectivity index (χ0n) is 19.9. The first-order chi connectivity index (χ1) is 15.3. The lowest BCUT2D eigenvalue weighted by atomic mass is 9.43. The van der Waals surface area contributed by atoms with Gasteiger partial charge in [-0.15, -0.1) is 0 Å². The Bertz CT molecular complexity index is 1290. The lowest BCUT2D eigenvalue weighted by Crippen LogP contribution is -2.65. The van der Waals surface area contributed by atoms with Crippen molar-refractivity contribution in [1.82, 2.24) is 4.72 Å². The van der Waals surface area contributed by atoms with Gasteiger partial charge in [0.25, 0.3) is 10.0 Å². The normalized spacial score (nSPS) is 34.7. The van der Waals surface area contributed by atoms with E-state index in [9.17, 15) is 12.6 Å². The number of hydrogen-bond donors (Lipinski definition) is 1. The number of aryl methyl sites for hydroxylation is 2. The zero-order chi connectivity index (χ0) is 23.7. The Morgan fingerprint density at radius 2 is 1.24 bits per heavy atom. The molecule has 0 saturated heterocycles. The van der Waals surface area contributed by atoms with Gasteiger partial charge in [-0.2, -0.15) is 8.42 Å². The second-order valence-electron chi connectivity index (χ2n) is 11.7. The van der Waals surface area contributed by atoms with E-state index in [0.29, 0.717) is 10.8 Å². The molecule has 2 aromatic rings. The van der Waals surface area contributed by atoms with Gasteiger partial charge in [0.15, 0.2) is 9.92 Å². The van der Waals surface area contributed by atoms with E-state index in [1.54, 1.807) is 24.3 Å². The Balaban J connectivity index is 1.63. The second-order valence-corrected chi connectivity index (χ2v) is 15.5. The molecule has 178 valence electrons. The summed E-state index contributed by atoms with van der Waals surface area (Å²) in [4.78, 5) is 0.494. The molecule has 0 aromatic heterocycles. The molecule has 6 rings (SSSR count). The molecular formula is C26H34N2O3S2. The lowest BCUT2D eigenvalue weighted by Gasteiger charge is -2.65. The summed E-state index contributed by atoms with van der Waals surface area (Å²) in [6.45, 7) is 8.55. The van der Waals surface area contributed by atoms with E-state index in [1.165, 1.54) is 31.4 Å². The summed E-state index contributed by atoms with van der Waals surface area (Å²) in [7, 11) is -7.55. The molecule has 4 saturated carbocycles. The van der Waals surface area contributed by atoms with Crippen molar-refractivity contribution in [1.29, 1.82) is 0 Å². The molecular weight excluding hydrogens is 452 g/mol. The standard InChI is InChI=1S/C26H34N2O3S2/c1-19-5-9-22(10-6-19)32(29,28-33(30,31)23-11-7-20(2)8-12-23)27-26-15-21-13-24(3,17-26)16-25(4,14-21)18-26/h5-12,21H,13-18H2,1-4H3,(H,27,28,29). The van der Waals surface area contributed by atoms with Gasteiger partial charge >= 0.3 is 0 Å². The monoisotopic (exact) mass is 486 g/mol. The van der Waals surface area contributed by atoms with Crippen LogP contribution in [0, 0.1) is 30.6 Å². The maximum atomic E-state index is 14.6. The van der Waals surface area contributed by atoms with Gasteiger partial charge in [-0.1, -0.05) is 53.0 Å². The molecule has 3 atom stereocenters. The van der Waals surface area contributed by atoms with Gasteiger partial charge in [0.1, 0.15) is 0 Å². The van der Waals surface area contributed by atoms with Crippen molar-refractivity contribution >= 4 is 19.9 Å². The Kier molecular flexibility index (Phi) is 5.17. The van der Waals surface area contributed by atoms with Crippen LogP contribution in [0.5, 0.6) is 0 Å². The largest absolute Gasteiger partial charge is 0.291 e. The maximum absolute atomic E-state index is 14.6. The molecule has 5 nitrogen and oxygen atoms in total. The van der Waals surface area contributed by atoms with Crippen molar-refractivity contribution in [3.05, 3.63) is 59.7 Å². The summed E-state index contributed by atoms with van der Waals surface area (Å²) in [6, 6.07) is 13.8. The highest BCUT2D eigenvalue weighted by atomic mass is 32.3. The second kappa shape index (κ2) is 7.40. The fourth-order valence-corrected chi connectivity index (χ4v) is 11.5. The molecule has 0 amide bonds. The van der Waals surface area contributed by atoms with Crippen LogP contribution in [0.15, 0.2) is 62.1 Å². The topological polar surface area (TPSA) is 75.6 Å². The van der Waals surface area contributed by atoms with Crippen molar-refractivity contribution in [2.24, 2.45) is 20.5 Å². The van der Waals surface area contributed by atoms with Gasteiger partial charge in [0, 0.05) is 5.54 Å². The number of benzene rings is 2. The Hall–Kier alpha value is -1.70. The van der Waals surface area contributed by atoms with Gasteiger partial charge in [0.2, 0.25) is 0 Å². The minimum Gasteiger partial charge on any atom is -0.228 e. The number of sulfonamides is 1. The van der Waals surface area contributed by atoms with Crippen molar-refractivity contribution in [2.75, 3.05) is 0 Å². The van der Waals surface area contributed by atoms with Crippen LogP contribution in [-0.4, -0.2) is 18.2 Å². The minimum absolute atomic E-state index is 0.0687. The molecule has 33 heavy (non-hydrogen) atoms. The van der Waals surface area contributed by atoms with Gasteiger partial charge < -0.3 is 0 Å². The fraction of sp³-hybridized carbons (Fsp3) is 0.538. The highest BCUT2D eigenvalue weighted by Gasteiger charge is 2.61. The molecule has 7 heteroatoms. The van der Waals surface area contributed by atoms with Crippen molar-refractivity contribution in [3.63, 3.8) is 0 Å². The van der Waals surface area contributed by atoms with Crippen LogP contribution < -0.4 is 4.72 Å². The van der Waals surface area contributed by atoms with Crippen LogP contribution in [-0.2, 0) is 19.9 Å². The zero-order valence-corrected chi connectivity index (χ0v) is 21.6. The predicted octanol–water partition coefficient (Wildman–Crippen LogP) is 5.77. The Labute approximate surface area is 198 Å². The number of nitrogens with one attached hydrogen (secondary N) is 1. The van der Waals surface area contributed by atoms with Crippen molar-refractivity contribution in [3.8, 4) is 0 Å². The molecule has 4 bridgehead atoms. The average molecular weight is 487 g/mol. The van der Waals surface area contributed by atoms with E-state index < -0.39 is 19.9 Å². The van der Waals surface area contributed by atoms with Gasteiger partial charge in [-0.3, -0.25) is 0 Å². The summed E-state index contributed by atoms with van der Waals surface area (Å²) >= 11 is 0. The van der Waals surface area contributed by atoms with Crippen LogP contribution in [0.3, 0.4) is 0 Å². The number of rotatable bonds is 5. The van der Waals surface area contributed by atoms with Crippen LogP contribution in [0.25, 0.3) is 0 Å². The Morgan fingerprint density at radius 3 is 1.73 bits per heavy atom. The smallest absolute Gasteiger partial charge is 0.228 e. The van der Waals surface area contributed by atoms with E-state index >= 15 is 0 Å². The summed E-state index contributed by atoms with van der Waals surface area (Å²) in [6.07, 6.45) is 6.35. The first kappa shape index (κ1) is 23.1. The highest BCUT2D eigenvalue weighted by Crippen LogP contribution is 2.66. The van der Waals surface area contributed by atoms with Gasteiger partial charge in [-0.25, -0.2) is 8.93 Å². The molecule has 4 fully saturated rings. The summed E-state index contributed by atoms with van der Waals surface area (Å²) in [5.74, 6) is 0.583. The minimum atomic E-state index is -4.12. The summed E-state index contributed by atoms with van der Waals surface area (Å²) in [5.41, 5.74) is 2.02. The molecule has 0 aliphatic heterocycles. The van der Waals surface area contributed by atoms with E-state index in [0.717, 1.165) is 30.4 Å². The molecule has 0 spiro atoms. The average Bonchev–Trinajstić information content (AvgIpc) is 2.64. The Morgan fingerprint density at radius 1 is 0.758 bits per heavy atom. The molecule has 2 aromatic carbocycles. The third kappa shape index (κ3) is 4.28. The van der Waals surface area contributed by atoms with Crippen LogP contribution >= 0.6 is 0 Å². The first-order valence-corrected chi connectivity index (χ1v) is 14.7. The number of hydrogen-bond acceptors (Lipinski definition) is 3. The van der Waals surface area contributed by atoms with E-state index in [1.807, 2.05) is 26.0 Å². The fourth-order valence-electron chi connectivity index (χ4n) is 7.59. The van der Waals surface area contributed by atoms with E-state index in [4.69, 9.17) is 0 Å². The molecule has 4 aliphatic rings. The SMILES string of the molecule is Cc1ccc(S(=O)(=O)N=S(=O)(NC23CC4CC(C)(CC(C)(C4)C2)C3)c2ccc(C)cc2)cc1. The van der Waals surface area contributed by atoms with Crippen molar-refractivity contribution < 1.29 is 12.6 Å². The van der Waals surface area contributed by atoms with Gasteiger partial charge in [0.05, 0.1) is 9.79 Å². The molecule has 3 unspecified atom stereocenters. The van der Waals surface area contributed by atoms with E-state index in [2.05, 4.69) is 22.3 Å². The molecule has 0 heterocycles. The molecule has 4 aliphatic carbocycles. The van der Waals surface area contributed by atoms with Crippen LogP contribution in [0.1, 0.15) is 63.5 Å². The quantitative estimate of drug-likeness (QED) is 0.583. The maximum Gasteiger partial charge on any atom is 0.291 e. The number of nitrogens with zero attached hydrogens (tertiary/aromatic N) is 1. The van der Waals surface area contributed by atoms with Gasteiger partial charge in [-0.05, 0) is 93.4 Å². The van der Waals surface area contributed by atoms with E-state index in [-0.39, 0.29) is 21.3 Å². The third-order valence-corrected chi connectivity index (χ3v) is 12.0. The van der Waals surface area contributed by atoms with Crippen LogP contribution in [0.4, 0.5) is 0 Å². The van der Waals surface area contributed by atoms with Crippen LogP contribution in [0.2, 0.25) is 0 Å². The summed E-state index contributed by atoms with van der Waals surface area (Å²) in [5, 5.41) is 0. The molecule has 1 N–H and O–H groups in total. The predicted molar refractivity (Wildman–Crippen MR) is 132 cm³/mol. The van der Waals surface area contributed by atoms with Crippen molar-refractivity contribution in [2.45, 2.75) is 81.5 Å². The first-order valence-electron chi connectivity index (χ1n) is 11.8. The lowest BCUT2D eigenvalue weighted by molar-refractivity contribution is -0.110. The highest BCUT2D eigenvalue weighted by molar-refractivity contribution is 8.02. The summed E-state index contributed by atoms with van der Waals surface area (Å²) < 4.78 is 48.8. The molecule has 0 radical (unpaired) electrons.